The molecular formula is C15H14F3NOS. The molecule has 2 rings (SSSR count). The van der Waals surface area contributed by atoms with Gasteiger partial charge in [-0.1, -0.05) is 24.4 Å². The molecule has 0 aliphatic carbocycles. The van der Waals surface area contributed by atoms with Gasteiger partial charge in [0.1, 0.15) is 10.4 Å². The third-order valence-electron chi connectivity index (χ3n) is 2.69. The van der Waals surface area contributed by atoms with Crippen molar-refractivity contribution in [3.63, 3.8) is 0 Å². The lowest BCUT2D eigenvalue weighted by molar-refractivity contribution is -0.137. The number of alkyl halides is 3. The van der Waals surface area contributed by atoms with Crippen molar-refractivity contribution in [2.45, 2.75) is 26.1 Å². The fourth-order valence-corrected chi connectivity index (χ4v) is 2.11. The van der Waals surface area contributed by atoms with Crippen LogP contribution in [0.1, 0.15) is 19.4 Å². The molecule has 21 heavy (non-hydrogen) atoms. The van der Waals surface area contributed by atoms with Crippen LogP contribution in [-0.4, -0.2) is 11.1 Å². The van der Waals surface area contributed by atoms with Crippen LogP contribution in [-0.2, 0) is 6.18 Å². The molecule has 112 valence electrons. The van der Waals surface area contributed by atoms with Gasteiger partial charge in [-0.25, -0.2) is 0 Å². The number of benzene rings is 1. The van der Waals surface area contributed by atoms with Crippen LogP contribution in [0.15, 0.2) is 36.4 Å². The Bertz CT molecular complexity index is 692. The molecule has 0 atom stereocenters. The third-order valence-corrected chi connectivity index (χ3v) is 2.91. The van der Waals surface area contributed by atoms with Gasteiger partial charge in [-0.05, 0) is 38.1 Å². The standard InChI is InChI=1S/C15H14F3NOS/c1-9(2)20-12-5-3-4-10(6-12)13-7-11(15(16,17)18)8-14(21)19-13/h3-9H,1-2H3,(H,19,21). The van der Waals surface area contributed by atoms with Crippen molar-refractivity contribution in [3.8, 4) is 17.0 Å². The van der Waals surface area contributed by atoms with Gasteiger partial charge in [0.05, 0.1) is 11.7 Å². The van der Waals surface area contributed by atoms with E-state index in [0.717, 1.165) is 12.1 Å². The maximum atomic E-state index is 12.8. The first-order chi connectivity index (χ1) is 9.75. The average molecular weight is 313 g/mol. The second-order valence-electron chi connectivity index (χ2n) is 4.84. The highest BCUT2D eigenvalue weighted by atomic mass is 32.1. The lowest BCUT2D eigenvalue weighted by Crippen LogP contribution is -2.06. The Morgan fingerprint density at radius 1 is 1.14 bits per heavy atom. The zero-order valence-electron chi connectivity index (χ0n) is 11.5. The molecule has 0 radical (unpaired) electrons. The van der Waals surface area contributed by atoms with Gasteiger partial charge in [-0.2, -0.15) is 13.2 Å². The maximum absolute atomic E-state index is 12.8. The van der Waals surface area contributed by atoms with E-state index in [1.165, 1.54) is 0 Å². The summed E-state index contributed by atoms with van der Waals surface area (Å²) in [6, 6.07) is 8.82. The fourth-order valence-electron chi connectivity index (χ4n) is 1.87. The van der Waals surface area contributed by atoms with Gasteiger partial charge in [-0.15, -0.1) is 0 Å². The van der Waals surface area contributed by atoms with E-state index in [-0.39, 0.29) is 10.7 Å². The summed E-state index contributed by atoms with van der Waals surface area (Å²) in [6.45, 7) is 3.76. The van der Waals surface area contributed by atoms with Crippen LogP contribution in [0.25, 0.3) is 11.3 Å². The zero-order chi connectivity index (χ0) is 15.6. The monoisotopic (exact) mass is 313 g/mol. The first-order valence-corrected chi connectivity index (χ1v) is 6.75. The smallest absolute Gasteiger partial charge is 0.416 e. The van der Waals surface area contributed by atoms with Crippen LogP contribution in [0.3, 0.4) is 0 Å². The summed E-state index contributed by atoms with van der Waals surface area (Å²) in [5, 5.41) is 0. The topological polar surface area (TPSA) is 25.0 Å². The van der Waals surface area contributed by atoms with Crippen molar-refractivity contribution in [1.82, 2.24) is 4.98 Å². The SMILES string of the molecule is CC(C)Oc1cccc(-c2cc(C(F)(F)F)cc(=S)[nH]2)c1. The number of pyridine rings is 1. The Morgan fingerprint density at radius 2 is 1.86 bits per heavy atom. The first kappa shape index (κ1) is 15.6. The Kier molecular flexibility index (Phi) is 4.37. The van der Waals surface area contributed by atoms with E-state index in [9.17, 15) is 13.2 Å². The number of halogens is 3. The van der Waals surface area contributed by atoms with Crippen LogP contribution in [0.5, 0.6) is 5.75 Å². The molecule has 1 aromatic heterocycles. The normalized spacial score (nSPS) is 11.7. The molecule has 1 heterocycles. The molecule has 2 nitrogen and oxygen atoms in total. The number of nitrogens with one attached hydrogen (secondary N) is 1. The van der Waals surface area contributed by atoms with E-state index in [1.54, 1.807) is 24.3 Å². The quantitative estimate of drug-likeness (QED) is 0.786. The number of hydrogen-bond donors (Lipinski definition) is 1. The molecule has 0 amide bonds. The molecule has 0 aliphatic heterocycles. The number of rotatable bonds is 3. The van der Waals surface area contributed by atoms with Crippen LogP contribution < -0.4 is 4.74 Å². The van der Waals surface area contributed by atoms with Crippen LogP contribution in [0.4, 0.5) is 13.2 Å². The molecule has 2 aromatic rings. The van der Waals surface area contributed by atoms with Crippen molar-refractivity contribution >= 4 is 12.2 Å². The number of H-pyrrole nitrogens is 1. The highest BCUT2D eigenvalue weighted by Gasteiger charge is 2.31. The summed E-state index contributed by atoms with van der Waals surface area (Å²) in [5.41, 5.74) is 0.130. The summed E-state index contributed by atoms with van der Waals surface area (Å²) in [7, 11) is 0. The summed E-state index contributed by atoms with van der Waals surface area (Å²) < 4.78 is 44.1. The molecular weight excluding hydrogens is 299 g/mol. The Morgan fingerprint density at radius 3 is 2.48 bits per heavy atom. The lowest BCUT2D eigenvalue weighted by atomic mass is 10.1. The van der Waals surface area contributed by atoms with Gasteiger partial charge in [-0.3, -0.25) is 0 Å². The van der Waals surface area contributed by atoms with E-state index in [0.29, 0.717) is 17.0 Å². The zero-order valence-corrected chi connectivity index (χ0v) is 12.3. The van der Waals surface area contributed by atoms with E-state index >= 15 is 0 Å². The van der Waals surface area contributed by atoms with Crippen LogP contribution in [0, 0.1) is 4.64 Å². The fraction of sp³-hybridized carbons (Fsp3) is 0.267. The van der Waals surface area contributed by atoms with Gasteiger partial charge in [0.25, 0.3) is 0 Å². The molecule has 1 N–H and O–H groups in total. The number of aromatic amines is 1. The largest absolute Gasteiger partial charge is 0.491 e. The first-order valence-electron chi connectivity index (χ1n) is 6.34. The van der Waals surface area contributed by atoms with Gasteiger partial charge in [0.15, 0.2) is 0 Å². The van der Waals surface area contributed by atoms with Gasteiger partial charge in [0.2, 0.25) is 0 Å². The number of hydrogen-bond acceptors (Lipinski definition) is 2. The molecule has 0 spiro atoms. The summed E-state index contributed by atoms with van der Waals surface area (Å²) in [6.07, 6.45) is -4.44. The highest BCUT2D eigenvalue weighted by Crippen LogP contribution is 2.32. The van der Waals surface area contributed by atoms with E-state index in [4.69, 9.17) is 17.0 Å². The second kappa shape index (κ2) is 5.89. The van der Waals surface area contributed by atoms with Crippen LogP contribution >= 0.6 is 12.2 Å². The summed E-state index contributed by atoms with van der Waals surface area (Å²) in [5.74, 6) is 0.597. The molecule has 0 aliphatic rings. The summed E-state index contributed by atoms with van der Waals surface area (Å²) in [4.78, 5) is 2.78. The summed E-state index contributed by atoms with van der Waals surface area (Å²) >= 11 is 4.87. The average Bonchev–Trinajstić information content (AvgIpc) is 2.36. The Labute approximate surface area is 125 Å². The van der Waals surface area contributed by atoms with Crippen molar-refractivity contribution in [1.29, 1.82) is 0 Å². The van der Waals surface area contributed by atoms with E-state index < -0.39 is 11.7 Å². The molecule has 0 saturated carbocycles. The maximum Gasteiger partial charge on any atom is 0.416 e. The minimum atomic E-state index is -4.43. The predicted octanol–water partition coefficient (Wildman–Crippen LogP) is 5.22. The van der Waals surface area contributed by atoms with Gasteiger partial charge >= 0.3 is 6.18 Å². The van der Waals surface area contributed by atoms with Gasteiger partial charge in [0, 0.05) is 11.3 Å². The van der Waals surface area contributed by atoms with Crippen LogP contribution in [0.2, 0.25) is 0 Å². The van der Waals surface area contributed by atoms with Crippen molar-refractivity contribution in [2.24, 2.45) is 0 Å². The second-order valence-corrected chi connectivity index (χ2v) is 5.28. The molecule has 0 fully saturated rings. The molecule has 6 heteroatoms. The molecule has 0 saturated heterocycles. The van der Waals surface area contributed by atoms with Crippen molar-refractivity contribution in [2.75, 3.05) is 0 Å². The van der Waals surface area contributed by atoms with E-state index in [2.05, 4.69) is 4.98 Å². The van der Waals surface area contributed by atoms with Crippen molar-refractivity contribution in [3.05, 3.63) is 46.6 Å². The van der Waals surface area contributed by atoms with Crippen molar-refractivity contribution < 1.29 is 17.9 Å². The molecule has 1 aromatic carbocycles. The molecule has 0 unspecified atom stereocenters. The minimum absolute atomic E-state index is 0.0137. The Hall–Kier alpha value is -1.82. The molecule has 0 bridgehead atoms. The highest BCUT2D eigenvalue weighted by molar-refractivity contribution is 7.71. The Balaban J connectivity index is 2.47. The predicted molar refractivity (Wildman–Crippen MR) is 77.8 cm³/mol. The van der Waals surface area contributed by atoms with E-state index in [1.807, 2.05) is 13.8 Å². The number of aromatic nitrogens is 1. The van der Waals surface area contributed by atoms with Gasteiger partial charge < -0.3 is 9.72 Å². The minimum Gasteiger partial charge on any atom is -0.491 e. The lowest BCUT2D eigenvalue weighted by Gasteiger charge is -2.12. The number of ether oxygens (including phenoxy) is 1. The third kappa shape index (κ3) is 4.07.